The van der Waals surface area contributed by atoms with Gasteiger partial charge in [-0.15, -0.1) is 11.3 Å². The number of thiophene rings is 1. The van der Waals surface area contributed by atoms with Crippen LogP contribution in [-0.2, 0) is 6.54 Å². The number of carbonyl (C=O) groups is 1. The maximum absolute atomic E-state index is 13.2. The molecule has 0 saturated heterocycles. The predicted octanol–water partition coefficient (Wildman–Crippen LogP) is 4.20. The molecule has 0 aliphatic carbocycles. The van der Waals surface area contributed by atoms with Crippen molar-refractivity contribution >= 4 is 55.4 Å². The number of halogens is 1. The molecule has 0 atom stereocenters. The summed E-state index contributed by atoms with van der Waals surface area (Å²) in [6.45, 7) is 2.40. The first-order valence-electron chi connectivity index (χ1n) is 7.88. The molecule has 2 aromatic rings. The summed E-state index contributed by atoms with van der Waals surface area (Å²) in [5.74, 6) is -0.0609. The van der Waals surface area contributed by atoms with Crippen molar-refractivity contribution < 1.29 is 4.79 Å². The fourth-order valence-corrected chi connectivity index (χ4v) is 4.26. The topological polar surface area (TPSA) is 48.8 Å². The molecule has 0 spiro atoms. The Morgan fingerprint density at radius 1 is 1.48 bits per heavy atom. The highest BCUT2D eigenvalue weighted by Crippen LogP contribution is 2.38. The minimum absolute atomic E-state index is 0.0609. The molecule has 0 aromatic carbocycles. The zero-order valence-electron chi connectivity index (χ0n) is 14.4. The number of hydrogen-bond donors (Lipinski definition) is 0. The summed E-state index contributed by atoms with van der Waals surface area (Å²) in [6.07, 6.45) is 9.19. The van der Waals surface area contributed by atoms with E-state index in [4.69, 9.17) is 0 Å². The fraction of sp³-hybridized carbons (Fsp3) is 0.278. The van der Waals surface area contributed by atoms with E-state index in [0.717, 1.165) is 27.2 Å². The molecule has 7 heteroatoms. The van der Waals surface area contributed by atoms with Crippen molar-refractivity contribution in [1.29, 1.82) is 0 Å². The van der Waals surface area contributed by atoms with Crippen LogP contribution in [0.3, 0.4) is 0 Å². The minimum atomic E-state index is -0.0609. The maximum atomic E-state index is 13.2. The van der Waals surface area contributed by atoms with Crippen molar-refractivity contribution in [2.75, 3.05) is 24.3 Å². The van der Waals surface area contributed by atoms with Crippen molar-refractivity contribution in [3.8, 4) is 0 Å². The third kappa shape index (κ3) is 3.26. The summed E-state index contributed by atoms with van der Waals surface area (Å²) < 4.78 is 0. The van der Waals surface area contributed by atoms with E-state index in [0.29, 0.717) is 16.8 Å². The van der Waals surface area contributed by atoms with Crippen LogP contribution < -0.4 is 4.90 Å². The van der Waals surface area contributed by atoms with Crippen molar-refractivity contribution in [2.45, 2.75) is 13.5 Å². The number of allylic oxidation sites excluding steroid dienone is 3. The molecular formula is C18H19BrN4OS. The van der Waals surface area contributed by atoms with E-state index in [1.54, 1.807) is 17.4 Å². The molecule has 5 nitrogen and oxygen atoms in total. The van der Waals surface area contributed by atoms with Gasteiger partial charge in [-0.2, -0.15) is 0 Å². The minimum Gasteiger partial charge on any atom is -0.377 e. The van der Waals surface area contributed by atoms with Crippen molar-refractivity contribution in [3.05, 3.63) is 46.6 Å². The highest BCUT2D eigenvalue weighted by atomic mass is 79.9. The number of fused-ring (bicyclic) bond motifs is 3. The van der Waals surface area contributed by atoms with Crippen LogP contribution in [-0.4, -0.2) is 41.6 Å². The van der Waals surface area contributed by atoms with Crippen molar-refractivity contribution in [2.24, 2.45) is 4.99 Å². The first kappa shape index (κ1) is 17.8. The molecule has 3 heterocycles. The Balaban J connectivity index is 2.17. The number of hydrogen-bond acceptors (Lipinski definition) is 5. The Bertz CT molecular complexity index is 898. The normalized spacial score (nSPS) is 15.1. The van der Waals surface area contributed by atoms with Crippen LogP contribution >= 0.6 is 27.3 Å². The van der Waals surface area contributed by atoms with Crippen LogP contribution in [0.25, 0.3) is 10.2 Å². The van der Waals surface area contributed by atoms with Gasteiger partial charge in [0.25, 0.3) is 5.91 Å². The van der Waals surface area contributed by atoms with Gasteiger partial charge in [0.05, 0.1) is 12.9 Å². The number of rotatable bonds is 4. The zero-order valence-corrected chi connectivity index (χ0v) is 16.8. The third-order valence-electron chi connectivity index (χ3n) is 3.91. The zero-order chi connectivity index (χ0) is 18.0. The quantitative estimate of drug-likeness (QED) is 0.551. The van der Waals surface area contributed by atoms with Gasteiger partial charge in [0.1, 0.15) is 9.71 Å². The molecule has 0 fully saturated rings. The van der Waals surface area contributed by atoms with E-state index in [1.807, 2.05) is 50.2 Å². The number of aliphatic imine (C=N–C) groups is 1. The summed E-state index contributed by atoms with van der Waals surface area (Å²) in [6, 6.07) is 1.97. The van der Waals surface area contributed by atoms with Gasteiger partial charge < -0.3 is 4.90 Å². The molecular weight excluding hydrogens is 400 g/mol. The second-order valence-electron chi connectivity index (χ2n) is 5.73. The van der Waals surface area contributed by atoms with Gasteiger partial charge in [-0.05, 0) is 25.1 Å². The summed E-state index contributed by atoms with van der Waals surface area (Å²) in [5.41, 5.74) is 2.82. The largest absolute Gasteiger partial charge is 0.377 e. The first-order chi connectivity index (χ1) is 12.1. The Labute approximate surface area is 159 Å². The smallest absolute Gasteiger partial charge is 0.274 e. The van der Waals surface area contributed by atoms with Crippen LogP contribution in [0.15, 0.2) is 41.2 Å². The van der Waals surface area contributed by atoms with E-state index in [2.05, 4.69) is 25.9 Å². The van der Waals surface area contributed by atoms with Gasteiger partial charge in [-0.1, -0.05) is 22.0 Å². The van der Waals surface area contributed by atoms with Crippen LogP contribution in [0.1, 0.15) is 22.2 Å². The molecule has 0 saturated carbocycles. The summed E-state index contributed by atoms with van der Waals surface area (Å²) in [5, 5.41) is 1.69. The van der Waals surface area contributed by atoms with E-state index in [9.17, 15) is 4.79 Å². The number of aromatic nitrogens is 1. The Kier molecular flexibility index (Phi) is 5.34. The Morgan fingerprint density at radius 2 is 2.28 bits per heavy atom. The SMILES string of the molecule is C/C=C\C(=C/CBr)N1C=NCc2c(sc3nccc(N(C)C)c23)C1=O. The number of anilines is 1. The Hall–Kier alpha value is -1.99. The lowest BCUT2D eigenvalue weighted by Crippen LogP contribution is -2.27. The second-order valence-corrected chi connectivity index (χ2v) is 7.38. The number of nitrogens with zero attached hydrogens (tertiary/aromatic N) is 4. The fourth-order valence-electron chi connectivity index (χ4n) is 2.82. The summed E-state index contributed by atoms with van der Waals surface area (Å²) in [4.78, 5) is 27.4. The van der Waals surface area contributed by atoms with E-state index >= 15 is 0 Å². The lowest BCUT2D eigenvalue weighted by atomic mass is 10.1. The molecule has 3 rings (SSSR count). The average Bonchev–Trinajstić information content (AvgIpc) is 2.89. The molecule has 0 bridgehead atoms. The van der Waals surface area contributed by atoms with E-state index in [-0.39, 0.29) is 5.91 Å². The molecule has 1 aliphatic heterocycles. The van der Waals surface area contributed by atoms with Gasteiger partial charge in [0.2, 0.25) is 0 Å². The van der Waals surface area contributed by atoms with Crippen LogP contribution in [0, 0.1) is 0 Å². The van der Waals surface area contributed by atoms with Gasteiger partial charge in [0, 0.05) is 48.0 Å². The van der Waals surface area contributed by atoms with Gasteiger partial charge in [-0.25, -0.2) is 4.98 Å². The monoisotopic (exact) mass is 418 g/mol. The summed E-state index contributed by atoms with van der Waals surface area (Å²) in [7, 11) is 3.99. The van der Waals surface area contributed by atoms with Gasteiger partial charge >= 0.3 is 0 Å². The number of amides is 1. The Morgan fingerprint density at radius 3 is 2.96 bits per heavy atom. The molecule has 1 aliphatic rings. The molecule has 2 aromatic heterocycles. The lowest BCUT2D eigenvalue weighted by molar-refractivity contribution is 0.0889. The van der Waals surface area contributed by atoms with Crippen LogP contribution in [0.2, 0.25) is 0 Å². The predicted molar refractivity (Wildman–Crippen MR) is 109 cm³/mol. The highest BCUT2D eigenvalue weighted by Gasteiger charge is 2.27. The summed E-state index contributed by atoms with van der Waals surface area (Å²) >= 11 is 4.84. The van der Waals surface area contributed by atoms with E-state index in [1.165, 1.54) is 11.3 Å². The highest BCUT2D eigenvalue weighted by molar-refractivity contribution is 9.09. The third-order valence-corrected chi connectivity index (χ3v) is 5.36. The standard InChI is InChI=1S/C18H19BrN4OS/c1-4-5-12(6-8-19)23-11-20-10-13-15-14(22(2)3)7-9-21-17(15)25-16(13)18(23)24/h4-7,9,11H,8,10H2,1-3H3/b5-4-,12-6+. The molecule has 25 heavy (non-hydrogen) atoms. The molecule has 130 valence electrons. The van der Waals surface area contributed by atoms with Gasteiger partial charge in [-0.3, -0.25) is 14.7 Å². The van der Waals surface area contributed by atoms with E-state index < -0.39 is 0 Å². The molecule has 0 unspecified atom stereocenters. The van der Waals surface area contributed by atoms with Crippen molar-refractivity contribution in [1.82, 2.24) is 9.88 Å². The number of alkyl halides is 1. The number of pyridine rings is 1. The van der Waals surface area contributed by atoms with Crippen LogP contribution in [0.4, 0.5) is 5.69 Å². The van der Waals surface area contributed by atoms with Crippen LogP contribution in [0.5, 0.6) is 0 Å². The maximum Gasteiger partial charge on any atom is 0.274 e. The molecule has 0 N–H and O–H groups in total. The average molecular weight is 419 g/mol. The van der Waals surface area contributed by atoms with Crippen molar-refractivity contribution in [3.63, 3.8) is 0 Å². The van der Waals surface area contributed by atoms with Gasteiger partial charge in [0.15, 0.2) is 0 Å². The molecule has 0 radical (unpaired) electrons. The molecule has 1 amide bonds. The number of carbonyl (C=O) groups excluding carboxylic acids is 1. The lowest BCUT2D eigenvalue weighted by Gasteiger charge is -2.17. The second kappa shape index (κ2) is 7.49. The first-order valence-corrected chi connectivity index (χ1v) is 9.82.